The van der Waals surface area contributed by atoms with E-state index in [0.717, 1.165) is 29.3 Å². The van der Waals surface area contributed by atoms with Gasteiger partial charge < -0.3 is 10.3 Å². The average Bonchev–Trinajstić information content (AvgIpc) is 3.11. The number of aromatic nitrogens is 3. The number of hydrogen-bond donors (Lipinski definition) is 2. The minimum absolute atomic E-state index is 0.0365. The molecule has 2 N–H and O–H groups in total. The molecule has 1 saturated carbocycles. The van der Waals surface area contributed by atoms with Crippen LogP contribution in [-0.4, -0.2) is 27.3 Å². The van der Waals surface area contributed by atoms with E-state index in [0.29, 0.717) is 11.1 Å². The van der Waals surface area contributed by atoms with Crippen LogP contribution >= 0.6 is 0 Å². The highest BCUT2D eigenvalue weighted by atomic mass is 16.1. The van der Waals surface area contributed by atoms with Crippen molar-refractivity contribution < 1.29 is 4.79 Å². The Morgan fingerprint density at radius 2 is 2.04 bits per heavy atom. The van der Waals surface area contributed by atoms with Crippen LogP contribution in [0.4, 0.5) is 5.82 Å². The zero-order valence-corrected chi connectivity index (χ0v) is 14.2. The number of carbonyl (C=O) groups is 1. The lowest BCUT2D eigenvalue weighted by Gasteiger charge is -2.21. The third kappa shape index (κ3) is 3.40. The lowest BCUT2D eigenvalue weighted by molar-refractivity contribution is 0.104. The molecule has 4 rings (SSSR count). The summed E-state index contributed by atoms with van der Waals surface area (Å²) in [5.74, 6) is 1.55. The van der Waals surface area contributed by atoms with E-state index in [1.165, 1.54) is 32.1 Å². The highest BCUT2D eigenvalue weighted by molar-refractivity contribution is 6.15. The number of hydrogen-bond acceptors (Lipinski definition) is 4. The summed E-state index contributed by atoms with van der Waals surface area (Å²) in [6.07, 6.45) is 11.7. The van der Waals surface area contributed by atoms with Crippen LogP contribution in [0.25, 0.3) is 11.0 Å². The average molecular weight is 334 g/mol. The molecule has 3 aromatic rings. The number of pyridine rings is 2. The van der Waals surface area contributed by atoms with E-state index in [9.17, 15) is 4.79 Å². The molecule has 0 unspecified atom stereocenters. The highest BCUT2D eigenvalue weighted by Crippen LogP contribution is 2.24. The first kappa shape index (κ1) is 15.8. The van der Waals surface area contributed by atoms with Crippen LogP contribution in [0.2, 0.25) is 0 Å². The molecule has 1 fully saturated rings. The largest absolute Gasteiger partial charge is 0.370 e. The second-order valence-electron chi connectivity index (χ2n) is 6.75. The molecule has 25 heavy (non-hydrogen) atoms. The number of rotatable bonds is 5. The summed E-state index contributed by atoms with van der Waals surface area (Å²) < 4.78 is 0. The number of nitrogens with zero attached hydrogens (tertiary/aromatic N) is 2. The molecule has 0 aliphatic heterocycles. The van der Waals surface area contributed by atoms with Crippen molar-refractivity contribution in [3.05, 3.63) is 54.0 Å². The molecule has 0 atom stereocenters. The quantitative estimate of drug-likeness (QED) is 0.687. The fourth-order valence-corrected chi connectivity index (χ4v) is 3.57. The van der Waals surface area contributed by atoms with Crippen LogP contribution in [0.5, 0.6) is 0 Å². The molecule has 5 nitrogen and oxygen atoms in total. The fourth-order valence-electron chi connectivity index (χ4n) is 3.57. The molecule has 0 spiro atoms. The van der Waals surface area contributed by atoms with Crippen LogP contribution in [0.3, 0.4) is 0 Å². The van der Waals surface area contributed by atoms with E-state index in [1.807, 2.05) is 24.3 Å². The van der Waals surface area contributed by atoms with Crippen LogP contribution in [-0.2, 0) is 0 Å². The number of aromatic amines is 1. The molecular formula is C20H22N4O. The molecule has 0 aromatic carbocycles. The predicted molar refractivity (Wildman–Crippen MR) is 98.8 cm³/mol. The van der Waals surface area contributed by atoms with E-state index in [1.54, 1.807) is 18.6 Å². The maximum atomic E-state index is 12.7. The third-order valence-electron chi connectivity index (χ3n) is 5.02. The maximum Gasteiger partial charge on any atom is 0.196 e. The predicted octanol–water partition coefficient (Wildman–Crippen LogP) is 4.18. The van der Waals surface area contributed by atoms with Gasteiger partial charge in [-0.25, -0.2) is 9.97 Å². The van der Waals surface area contributed by atoms with Crippen molar-refractivity contribution in [1.82, 2.24) is 15.0 Å². The number of carbonyl (C=O) groups excluding carboxylic acids is 1. The molecule has 1 aliphatic rings. The zero-order chi connectivity index (χ0) is 17.1. The van der Waals surface area contributed by atoms with Crippen molar-refractivity contribution in [2.45, 2.75) is 32.1 Å². The Morgan fingerprint density at radius 1 is 1.16 bits per heavy atom. The van der Waals surface area contributed by atoms with Crippen molar-refractivity contribution in [2.75, 3.05) is 11.9 Å². The van der Waals surface area contributed by atoms with Crippen molar-refractivity contribution in [1.29, 1.82) is 0 Å². The van der Waals surface area contributed by atoms with Crippen LogP contribution in [0.1, 0.15) is 48.0 Å². The smallest absolute Gasteiger partial charge is 0.196 e. The van der Waals surface area contributed by atoms with Gasteiger partial charge in [-0.05, 0) is 43.0 Å². The number of H-pyrrole nitrogens is 1. The molecule has 0 amide bonds. The minimum atomic E-state index is -0.0365. The van der Waals surface area contributed by atoms with E-state index in [-0.39, 0.29) is 5.78 Å². The summed E-state index contributed by atoms with van der Waals surface area (Å²) in [6.45, 7) is 0.967. The van der Waals surface area contributed by atoms with E-state index in [2.05, 4.69) is 20.3 Å². The second-order valence-corrected chi connectivity index (χ2v) is 6.75. The first-order valence-corrected chi connectivity index (χ1v) is 8.98. The Labute approximate surface area is 146 Å². The van der Waals surface area contributed by atoms with Gasteiger partial charge in [-0.3, -0.25) is 4.79 Å². The Morgan fingerprint density at radius 3 is 2.84 bits per heavy atom. The van der Waals surface area contributed by atoms with E-state index in [4.69, 9.17) is 0 Å². The van der Waals surface area contributed by atoms with Crippen LogP contribution in [0, 0.1) is 5.92 Å². The summed E-state index contributed by atoms with van der Waals surface area (Å²) >= 11 is 0. The highest BCUT2D eigenvalue weighted by Gasteiger charge is 2.16. The van der Waals surface area contributed by atoms with E-state index >= 15 is 0 Å². The Kier molecular flexibility index (Phi) is 4.46. The number of fused-ring (bicyclic) bond motifs is 1. The summed E-state index contributed by atoms with van der Waals surface area (Å²) in [4.78, 5) is 24.4. The summed E-state index contributed by atoms with van der Waals surface area (Å²) in [5, 5.41) is 4.25. The third-order valence-corrected chi connectivity index (χ3v) is 5.02. The van der Waals surface area contributed by atoms with Gasteiger partial charge in [-0.15, -0.1) is 0 Å². The van der Waals surface area contributed by atoms with Crippen molar-refractivity contribution in [3.63, 3.8) is 0 Å². The normalized spacial score (nSPS) is 15.4. The van der Waals surface area contributed by atoms with Crippen LogP contribution < -0.4 is 5.32 Å². The van der Waals surface area contributed by atoms with E-state index < -0.39 is 0 Å². The standard InChI is InChI=1S/C20H22N4O/c25-19(17-13-24-20-16(17)7-4-10-21-20)15-8-9-18(23-12-15)22-11-14-5-2-1-3-6-14/h4,7-10,12-14H,1-3,5-6,11H2,(H,21,24)(H,22,23). The molecule has 0 radical (unpaired) electrons. The number of nitrogens with one attached hydrogen (secondary N) is 2. The molecule has 0 bridgehead atoms. The maximum absolute atomic E-state index is 12.7. The van der Waals surface area contributed by atoms with Gasteiger partial charge in [0, 0.05) is 41.6 Å². The SMILES string of the molecule is O=C(c1ccc(NCC2CCCCC2)nc1)c1c[nH]c2ncccc12. The molecule has 0 saturated heterocycles. The topological polar surface area (TPSA) is 70.7 Å². The fraction of sp³-hybridized carbons (Fsp3) is 0.350. The van der Waals surface area contributed by atoms with Crippen molar-refractivity contribution in [2.24, 2.45) is 5.92 Å². The molecule has 128 valence electrons. The summed E-state index contributed by atoms with van der Waals surface area (Å²) in [6, 6.07) is 7.47. The zero-order valence-electron chi connectivity index (χ0n) is 14.2. The Bertz CT molecular complexity index is 863. The lowest BCUT2D eigenvalue weighted by atomic mass is 9.89. The molecular weight excluding hydrogens is 312 g/mol. The van der Waals surface area contributed by atoms with Crippen molar-refractivity contribution >= 4 is 22.6 Å². The van der Waals surface area contributed by atoms with Crippen molar-refractivity contribution in [3.8, 4) is 0 Å². The van der Waals surface area contributed by atoms with Gasteiger partial charge in [0.25, 0.3) is 0 Å². The molecule has 3 aromatic heterocycles. The van der Waals surface area contributed by atoms with Gasteiger partial charge in [-0.2, -0.15) is 0 Å². The Hall–Kier alpha value is -2.69. The van der Waals surface area contributed by atoms with Gasteiger partial charge in [0.1, 0.15) is 11.5 Å². The second kappa shape index (κ2) is 7.05. The first-order valence-electron chi connectivity index (χ1n) is 8.98. The molecule has 3 heterocycles. The number of ketones is 1. The van der Waals surface area contributed by atoms with Gasteiger partial charge >= 0.3 is 0 Å². The van der Waals surface area contributed by atoms with Gasteiger partial charge in [0.05, 0.1) is 0 Å². The molecule has 1 aliphatic carbocycles. The van der Waals surface area contributed by atoms with Gasteiger partial charge in [0.15, 0.2) is 5.78 Å². The monoisotopic (exact) mass is 334 g/mol. The summed E-state index contributed by atoms with van der Waals surface area (Å²) in [7, 11) is 0. The van der Waals surface area contributed by atoms with Gasteiger partial charge in [-0.1, -0.05) is 19.3 Å². The van der Waals surface area contributed by atoms with Crippen LogP contribution in [0.15, 0.2) is 42.9 Å². The Balaban J connectivity index is 1.45. The molecule has 5 heteroatoms. The number of anilines is 1. The lowest BCUT2D eigenvalue weighted by Crippen LogP contribution is -2.17. The first-order chi connectivity index (χ1) is 12.3. The minimum Gasteiger partial charge on any atom is -0.370 e. The summed E-state index contributed by atoms with van der Waals surface area (Å²) in [5.41, 5.74) is 1.95. The van der Waals surface area contributed by atoms with Gasteiger partial charge in [0.2, 0.25) is 0 Å².